The number of sulfone groups is 1. The van der Waals surface area contributed by atoms with Gasteiger partial charge in [0.1, 0.15) is 17.7 Å². The summed E-state index contributed by atoms with van der Waals surface area (Å²) < 4.78 is 31.4. The predicted molar refractivity (Wildman–Crippen MR) is 114 cm³/mol. The van der Waals surface area contributed by atoms with Gasteiger partial charge >= 0.3 is 5.97 Å². The lowest BCUT2D eigenvalue weighted by molar-refractivity contribution is -0.149. The fraction of sp³-hybridized carbons (Fsp3) is 0.273. The number of esters is 1. The smallest absolute Gasteiger partial charge is 0.355 e. The normalized spacial score (nSPS) is 18.5. The Hall–Kier alpha value is -2.64. The summed E-state index contributed by atoms with van der Waals surface area (Å²) in [5.41, 5.74) is 1.72. The van der Waals surface area contributed by atoms with Crippen LogP contribution < -0.4 is 0 Å². The molecule has 0 aliphatic carbocycles. The van der Waals surface area contributed by atoms with Gasteiger partial charge in [-0.05, 0) is 30.5 Å². The average molecular weight is 448 g/mol. The van der Waals surface area contributed by atoms with Crippen molar-refractivity contribution in [1.82, 2.24) is 4.90 Å². The first-order valence-electron chi connectivity index (χ1n) is 9.33. The monoisotopic (exact) mass is 447 g/mol. The van der Waals surface area contributed by atoms with Crippen molar-refractivity contribution in [3.63, 3.8) is 0 Å². The number of nitrogens with zero attached hydrogens (tertiary/aromatic N) is 1. The van der Waals surface area contributed by atoms with Crippen molar-refractivity contribution in [3.8, 4) is 0 Å². The van der Waals surface area contributed by atoms with Crippen molar-refractivity contribution in [2.75, 3.05) is 0 Å². The van der Waals surface area contributed by atoms with Gasteiger partial charge in [0.25, 0.3) is 0 Å². The molecule has 0 bridgehead atoms. The van der Waals surface area contributed by atoms with Gasteiger partial charge in [0, 0.05) is 0 Å². The largest absolute Gasteiger partial charge is 0.456 e. The molecule has 8 heteroatoms. The number of β-lactam (4-membered cyclic amide) rings is 1. The van der Waals surface area contributed by atoms with E-state index in [9.17, 15) is 18.0 Å². The molecule has 0 N–H and O–H groups in total. The number of rotatable bonds is 7. The van der Waals surface area contributed by atoms with Crippen LogP contribution in [0.25, 0.3) is 0 Å². The van der Waals surface area contributed by atoms with Crippen molar-refractivity contribution >= 4 is 33.3 Å². The van der Waals surface area contributed by atoms with Gasteiger partial charge in [0.2, 0.25) is 5.91 Å². The summed E-state index contributed by atoms with van der Waals surface area (Å²) in [5, 5.41) is -2.59. The number of ether oxygens (including phenoxy) is 1. The minimum atomic E-state index is -3.86. The summed E-state index contributed by atoms with van der Waals surface area (Å²) in [7, 11) is -3.86. The van der Waals surface area contributed by atoms with Gasteiger partial charge < -0.3 is 4.74 Å². The van der Waals surface area contributed by atoms with Crippen LogP contribution >= 0.6 is 11.6 Å². The summed E-state index contributed by atoms with van der Waals surface area (Å²) in [6.45, 7) is 3.24. The molecule has 3 rings (SSSR count). The number of carbonyl (C=O) groups is 2. The molecular formula is C22H22ClNO5S. The predicted octanol–water partition coefficient (Wildman–Crippen LogP) is 3.41. The Balaban J connectivity index is 1.83. The number of alkyl halides is 1. The maximum Gasteiger partial charge on any atom is 0.355 e. The Kier molecular flexibility index (Phi) is 6.63. The number of allylic oxidation sites excluding steroid dienone is 1. The lowest BCUT2D eigenvalue weighted by Gasteiger charge is -2.44. The Labute approximate surface area is 181 Å². The van der Waals surface area contributed by atoms with Crippen molar-refractivity contribution in [2.24, 2.45) is 0 Å². The van der Waals surface area contributed by atoms with Crippen molar-refractivity contribution in [3.05, 3.63) is 83.1 Å². The summed E-state index contributed by atoms with van der Waals surface area (Å²) >= 11 is 6.09. The summed E-state index contributed by atoms with van der Waals surface area (Å²) in [6.07, 6.45) is 0. The summed E-state index contributed by atoms with van der Waals surface area (Å²) in [6, 6.07) is 17.7. The Morgan fingerprint density at radius 2 is 1.53 bits per heavy atom. The summed E-state index contributed by atoms with van der Waals surface area (Å²) in [4.78, 5) is 26.2. The Morgan fingerprint density at radius 1 is 1.00 bits per heavy atom. The van der Waals surface area contributed by atoms with Crippen LogP contribution in [-0.4, -0.2) is 35.9 Å². The third-order valence-corrected chi connectivity index (χ3v) is 7.21. The van der Waals surface area contributed by atoms with Gasteiger partial charge in [0.05, 0.1) is 5.75 Å². The van der Waals surface area contributed by atoms with E-state index < -0.39 is 32.5 Å². The maximum absolute atomic E-state index is 13.0. The number of halogens is 1. The molecule has 1 aliphatic heterocycles. The molecule has 0 aromatic heterocycles. The van der Waals surface area contributed by atoms with Crippen LogP contribution in [0.15, 0.2) is 71.9 Å². The third kappa shape index (κ3) is 4.57. The van der Waals surface area contributed by atoms with Crippen LogP contribution in [0, 0.1) is 0 Å². The van der Waals surface area contributed by atoms with E-state index in [1.54, 1.807) is 56.3 Å². The van der Waals surface area contributed by atoms with Gasteiger partial charge in [-0.2, -0.15) is 0 Å². The minimum Gasteiger partial charge on any atom is -0.456 e. The van der Waals surface area contributed by atoms with Crippen LogP contribution in [0.2, 0.25) is 0 Å². The van der Waals surface area contributed by atoms with Gasteiger partial charge in [-0.25, -0.2) is 13.2 Å². The second kappa shape index (κ2) is 9.02. The SMILES string of the molecule is CC(C)=C(C(=O)OCc1ccccc1)N1C(=O)[C@H](Cl)[C@H]1S(=O)(=O)Cc1ccccc1. The van der Waals surface area contributed by atoms with Gasteiger partial charge in [-0.15, -0.1) is 11.6 Å². The highest BCUT2D eigenvalue weighted by Gasteiger charge is 2.56. The lowest BCUT2D eigenvalue weighted by atomic mass is 10.1. The molecule has 1 amide bonds. The molecule has 2 atom stereocenters. The molecule has 1 saturated heterocycles. The molecule has 1 fully saturated rings. The zero-order valence-electron chi connectivity index (χ0n) is 16.6. The molecule has 30 heavy (non-hydrogen) atoms. The maximum atomic E-state index is 13.0. The molecule has 2 aromatic rings. The molecule has 0 radical (unpaired) electrons. The Morgan fingerprint density at radius 3 is 2.07 bits per heavy atom. The molecule has 158 valence electrons. The van der Waals surface area contributed by atoms with Crippen molar-refractivity contribution < 1.29 is 22.7 Å². The third-order valence-electron chi connectivity index (χ3n) is 4.68. The average Bonchev–Trinajstić information content (AvgIpc) is 2.72. The van der Waals surface area contributed by atoms with Gasteiger partial charge in [-0.1, -0.05) is 60.7 Å². The fourth-order valence-electron chi connectivity index (χ4n) is 3.24. The number of amides is 1. The summed E-state index contributed by atoms with van der Waals surface area (Å²) in [5.74, 6) is -1.69. The van der Waals surface area contributed by atoms with Gasteiger partial charge in [-0.3, -0.25) is 9.69 Å². The zero-order chi connectivity index (χ0) is 21.9. The van der Waals surface area contributed by atoms with E-state index in [4.69, 9.17) is 16.3 Å². The van der Waals surface area contributed by atoms with Crippen LogP contribution in [-0.2, 0) is 36.5 Å². The molecule has 1 aliphatic rings. The first kappa shape index (κ1) is 22.1. The van der Waals surface area contributed by atoms with Gasteiger partial charge in [0.15, 0.2) is 15.2 Å². The standard InChI is InChI=1S/C22H22ClNO5S/c1-15(2)19(22(26)29-13-16-9-5-3-6-10-16)24-20(25)18(23)21(24)30(27,28)14-17-11-7-4-8-12-17/h3-12,18,21H,13-14H2,1-2H3/t18-,21+/m0/s1. The van der Waals surface area contributed by atoms with E-state index in [2.05, 4.69) is 0 Å². The minimum absolute atomic E-state index is 0.00419. The van der Waals surface area contributed by atoms with E-state index in [-0.39, 0.29) is 18.1 Å². The number of benzene rings is 2. The highest BCUT2D eigenvalue weighted by atomic mass is 35.5. The molecule has 0 saturated carbocycles. The first-order valence-corrected chi connectivity index (χ1v) is 11.5. The molecule has 1 heterocycles. The topological polar surface area (TPSA) is 80.8 Å². The van der Waals surface area contributed by atoms with E-state index in [0.29, 0.717) is 11.1 Å². The molecular weight excluding hydrogens is 426 g/mol. The highest BCUT2D eigenvalue weighted by Crippen LogP contribution is 2.36. The van der Waals surface area contributed by atoms with Crippen LogP contribution in [0.1, 0.15) is 25.0 Å². The van der Waals surface area contributed by atoms with E-state index in [1.807, 2.05) is 18.2 Å². The molecule has 0 spiro atoms. The van der Waals surface area contributed by atoms with E-state index in [0.717, 1.165) is 10.5 Å². The number of likely N-dealkylation sites (tertiary alicyclic amines) is 1. The van der Waals surface area contributed by atoms with Crippen LogP contribution in [0.3, 0.4) is 0 Å². The van der Waals surface area contributed by atoms with Crippen LogP contribution in [0.4, 0.5) is 0 Å². The zero-order valence-corrected chi connectivity index (χ0v) is 18.2. The number of carbonyl (C=O) groups excluding carboxylic acids is 2. The number of hydrogen-bond acceptors (Lipinski definition) is 5. The van der Waals surface area contributed by atoms with Crippen LogP contribution in [0.5, 0.6) is 0 Å². The molecule has 0 unspecified atom stereocenters. The Bertz CT molecular complexity index is 1060. The van der Waals surface area contributed by atoms with Crippen molar-refractivity contribution in [1.29, 1.82) is 0 Å². The highest BCUT2D eigenvalue weighted by molar-refractivity contribution is 7.91. The lowest BCUT2D eigenvalue weighted by Crippen LogP contribution is -2.65. The second-order valence-corrected chi connectivity index (χ2v) is 9.77. The van der Waals surface area contributed by atoms with E-state index >= 15 is 0 Å². The molecule has 6 nitrogen and oxygen atoms in total. The van der Waals surface area contributed by atoms with Crippen molar-refractivity contribution in [2.45, 2.75) is 37.0 Å². The molecule has 2 aromatic carbocycles. The first-order chi connectivity index (χ1) is 14.2. The second-order valence-electron chi connectivity index (χ2n) is 7.20. The van der Waals surface area contributed by atoms with E-state index in [1.165, 1.54) is 0 Å². The quantitative estimate of drug-likeness (QED) is 0.281. The fourth-order valence-corrected chi connectivity index (χ4v) is 5.76. The number of hydrogen-bond donors (Lipinski definition) is 0.